The lowest BCUT2D eigenvalue weighted by atomic mass is 10.1. The van der Waals surface area contributed by atoms with Crippen LogP contribution in [0.4, 0.5) is 11.5 Å². The van der Waals surface area contributed by atoms with Gasteiger partial charge in [0.05, 0.1) is 18.9 Å². The van der Waals surface area contributed by atoms with E-state index in [1.807, 2.05) is 6.07 Å². The standard InChI is InChI=1S/C15H21N5O/c1-11-8-12(19-4-6-21-7-5-19)10-20(11)14-2-3-18-15(17)13(14)9-16/h2-3,11-12H,4-8,10H2,1H3,(H2,17,18). The number of hydrogen-bond acceptors (Lipinski definition) is 6. The maximum atomic E-state index is 9.34. The van der Waals surface area contributed by atoms with Crippen LogP contribution in [0.2, 0.25) is 0 Å². The van der Waals surface area contributed by atoms with E-state index in [9.17, 15) is 5.26 Å². The molecule has 2 aliphatic heterocycles. The summed E-state index contributed by atoms with van der Waals surface area (Å²) in [7, 11) is 0. The predicted octanol–water partition coefficient (Wildman–Crippen LogP) is 0.835. The number of hydrogen-bond donors (Lipinski definition) is 1. The minimum Gasteiger partial charge on any atom is -0.383 e. The van der Waals surface area contributed by atoms with E-state index in [4.69, 9.17) is 10.5 Å². The van der Waals surface area contributed by atoms with E-state index in [1.54, 1.807) is 6.20 Å². The molecule has 3 heterocycles. The number of morpholine rings is 1. The van der Waals surface area contributed by atoms with Gasteiger partial charge in [-0.2, -0.15) is 5.26 Å². The van der Waals surface area contributed by atoms with Crippen molar-refractivity contribution in [3.63, 3.8) is 0 Å². The van der Waals surface area contributed by atoms with Crippen LogP contribution in [0.1, 0.15) is 18.9 Å². The lowest BCUT2D eigenvalue weighted by Crippen LogP contribution is -2.44. The number of nitriles is 1. The van der Waals surface area contributed by atoms with Crippen LogP contribution in [0.3, 0.4) is 0 Å². The van der Waals surface area contributed by atoms with E-state index in [-0.39, 0.29) is 0 Å². The zero-order valence-corrected chi connectivity index (χ0v) is 12.3. The fourth-order valence-corrected chi connectivity index (χ4v) is 3.37. The normalized spacial score (nSPS) is 26.8. The molecule has 0 aromatic carbocycles. The number of nitrogen functional groups attached to an aromatic ring is 1. The second-order valence-electron chi connectivity index (χ2n) is 5.74. The highest BCUT2D eigenvalue weighted by Crippen LogP contribution is 2.32. The molecule has 0 radical (unpaired) electrons. The minimum atomic E-state index is 0.317. The summed E-state index contributed by atoms with van der Waals surface area (Å²) >= 11 is 0. The third-order valence-electron chi connectivity index (χ3n) is 4.49. The average Bonchev–Trinajstić information content (AvgIpc) is 2.90. The average molecular weight is 287 g/mol. The molecule has 0 aliphatic carbocycles. The summed E-state index contributed by atoms with van der Waals surface area (Å²) in [5.41, 5.74) is 7.24. The van der Waals surface area contributed by atoms with Crippen LogP contribution >= 0.6 is 0 Å². The topological polar surface area (TPSA) is 78.4 Å². The first-order chi connectivity index (χ1) is 10.2. The molecule has 112 valence electrons. The van der Waals surface area contributed by atoms with Crippen molar-refractivity contribution in [3.8, 4) is 6.07 Å². The molecule has 2 fully saturated rings. The van der Waals surface area contributed by atoms with Crippen molar-refractivity contribution in [1.82, 2.24) is 9.88 Å². The molecule has 2 aliphatic rings. The minimum absolute atomic E-state index is 0.317. The van der Waals surface area contributed by atoms with Crippen molar-refractivity contribution in [2.24, 2.45) is 0 Å². The van der Waals surface area contributed by atoms with Gasteiger partial charge in [-0.15, -0.1) is 0 Å². The Morgan fingerprint density at radius 2 is 2.19 bits per heavy atom. The first-order valence-corrected chi connectivity index (χ1v) is 7.43. The highest BCUT2D eigenvalue weighted by atomic mass is 16.5. The highest BCUT2D eigenvalue weighted by Gasteiger charge is 2.34. The van der Waals surface area contributed by atoms with Crippen LogP contribution in [-0.4, -0.2) is 54.8 Å². The molecule has 1 aromatic heterocycles. The third-order valence-corrected chi connectivity index (χ3v) is 4.49. The summed E-state index contributed by atoms with van der Waals surface area (Å²) in [6, 6.07) is 5.00. The Morgan fingerprint density at radius 3 is 2.90 bits per heavy atom. The molecule has 2 atom stereocenters. The smallest absolute Gasteiger partial charge is 0.143 e. The number of nitrogens with zero attached hydrogens (tertiary/aromatic N) is 4. The Morgan fingerprint density at radius 1 is 1.43 bits per heavy atom. The van der Waals surface area contributed by atoms with Gasteiger partial charge in [-0.05, 0) is 19.4 Å². The SMILES string of the molecule is CC1CC(N2CCOCC2)CN1c1ccnc(N)c1C#N. The van der Waals surface area contributed by atoms with Crippen molar-refractivity contribution in [2.75, 3.05) is 43.5 Å². The number of nitrogens with two attached hydrogens (primary N) is 1. The van der Waals surface area contributed by atoms with Gasteiger partial charge in [-0.3, -0.25) is 4.90 Å². The molecule has 6 nitrogen and oxygen atoms in total. The van der Waals surface area contributed by atoms with Crippen LogP contribution in [0.5, 0.6) is 0 Å². The van der Waals surface area contributed by atoms with Crippen LogP contribution in [0, 0.1) is 11.3 Å². The predicted molar refractivity (Wildman–Crippen MR) is 81.0 cm³/mol. The summed E-state index contributed by atoms with van der Waals surface area (Å²) in [6.07, 6.45) is 2.79. The number of rotatable bonds is 2. The molecule has 2 saturated heterocycles. The van der Waals surface area contributed by atoms with E-state index in [0.717, 1.165) is 45.0 Å². The molecule has 2 unspecified atom stereocenters. The lowest BCUT2D eigenvalue weighted by molar-refractivity contribution is 0.0204. The Labute approximate surface area is 125 Å². The van der Waals surface area contributed by atoms with Crippen LogP contribution in [0.15, 0.2) is 12.3 Å². The summed E-state index contributed by atoms with van der Waals surface area (Å²) in [5, 5.41) is 9.34. The quantitative estimate of drug-likeness (QED) is 0.868. The van der Waals surface area contributed by atoms with Gasteiger partial charge in [0.2, 0.25) is 0 Å². The van der Waals surface area contributed by atoms with E-state index in [1.165, 1.54) is 0 Å². The van der Waals surface area contributed by atoms with Gasteiger partial charge in [-0.25, -0.2) is 4.98 Å². The molecule has 1 aromatic rings. The first kappa shape index (κ1) is 14.1. The molecule has 3 rings (SSSR count). The zero-order chi connectivity index (χ0) is 14.8. The Bertz CT molecular complexity index is 549. The maximum Gasteiger partial charge on any atom is 0.143 e. The zero-order valence-electron chi connectivity index (χ0n) is 12.3. The van der Waals surface area contributed by atoms with E-state index < -0.39 is 0 Å². The maximum absolute atomic E-state index is 9.34. The van der Waals surface area contributed by atoms with Crippen molar-refractivity contribution < 1.29 is 4.74 Å². The number of pyridine rings is 1. The Kier molecular flexibility index (Phi) is 3.95. The van der Waals surface area contributed by atoms with Crippen molar-refractivity contribution in [1.29, 1.82) is 5.26 Å². The number of ether oxygens (including phenoxy) is 1. The summed E-state index contributed by atoms with van der Waals surface area (Å²) in [4.78, 5) is 8.80. The van der Waals surface area contributed by atoms with Gasteiger partial charge in [0.15, 0.2) is 0 Å². The molecular weight excluding hydrogens is 266 g/mol. The molecule has 0 bridgehead atoms. The summed E-state index contributed by atoms with van der Waals surface area (Å²) in [5.74, 6) is 0.317. The Hall–Kier alpha value is -1.84. The number of aromatic nitrogens is 1. The molecular formula is C15H21N5O. The van der Waals surface area contributed by atoms with Gasteiger partial charge < -0.3 is 15.4 Å². The van der Waals surface area contributed by atoms with E-state index in [0.29, 0.717) is 23.5 Å². The van der Waals surface area contributed by atoms with Gasteiger partial charge in [0.1, 0.15) is 17.5 Å². The van der Waals surface area contributed by atoms with Crippen LogP contribution < -0.4 is 10.6 Å². The Balaban J connectivity index is 1.81. The number of anilines is 2. The molecule has 0 spiro atoms. The second kappa shape index (κ2) is 5.88. The van der Waals surface area contributed by atoms with Crippen molar-refractivity contribution in [2.45, 2.75) is 25.4 Å². The molecule has 0 amide bonds. The van der Waals surface area contributed by atoms with Crippen molar-refractivity contribution >= 4 is 11.5 Å². The monoisotopic (exact) mass is 287 g/mol. The van der Waals surface area contributed by atoms with E-state index in [2.05, 4.69) is 27.8 Å². The summed E-state index contributed by atoms with van der Waals surface area (Å²) < 4.78 is 5.43. The van der Waals surface area contributed by atoms with E-state index >= 15 is 0 Å². The van der Waals surface area contributed by atoms with Gasteiger partial charge >= 0.3 is 0 Å². The lowest BCUT2D eigenvalue weighted by Gasteiger charge is -2.32. The largest absolute Gasteiger partial charge is 0.383 e. The van der Waals surface area contributed by atoms with Gasteiger partial charge in [-0.1, -0.05) is 0 Å². The highest BCUT2D eigenvalue weighted by molar-refractivity contribution is 5.68. The molecule has 0 saturated carbocycles. The van der Waals surface area contributed by atoms with Crippen LogP contribution in [0.25, 0.3) is 0 Å². The van der Waals surface area contributed by atoms with Gasteiger partial charge in [0.25, 0.3) is 0 Å². The van der Waals surface area contributed by atoms with Gasteiger partial charge in [0, 0.05) is 37.9 Å². The molecule has 2 N–H and O–H groups in total. The molecule has 6 heteroatoms. The fourth-order valence-electron chi connectivity index (χ4n) is 3.37. The molecule has 21 heavy (non-hydrogen) atoms. The van der Waals surface area contributed by atoms with Crippen LogP contribution in [-0.2, 0) is 4.74 Å². The first-order valence-electron chi connectivity index (χ1n) is 7.43. The van der Waals surface area contributed by atoms with Crippen molar-refractivity contribution in [3.05, 3.63) is 17.8 Å². The fraction of sp³-hybridized carbons (Fsp3) is 0.600. The summed E-state index contributed by atoms with van der Waals surface area (Å²) in [6.45, 7) is 6.76. The second-order valence-corrected chi connectivity index (χ2v) is 5.74. The third kappa shape index (κ3) is 2.67.